The number of hydrogen-bond donors (Lipinski definition) is 1. The predicted molar refractivity (Wildman–Crippen MR) is 126 cm³/mol. The quantitative estimate of drug-likeness (QED) is 0.325. The molecule has 182 valence electrons. The van der Waals surface area contributed by atoms with Gasteiger partial charge in [0.15, 0.2) is 0 Å². The molecule has 2 rings (SSSR count). The van der Waals surface area contributed by atoms with E-state index in [1.165, 1.54) is 12.1 Å². The van der Waals surface area contributed by atoms with Crippen molar-refractivity contribution in [2.45, 2.75) is 53.1 Å². The number of ether oxygens (including phenoxy) is 1. The summed E-state index contributed by atoms with van der Waals surface area (Å²) in [5.41, 5.74) is 1.35. The number of carboxylic acid groups (broad SMARTS) is 1. The fraction of sp³-hybridized carbons (Fsp3) is 0.440. The van der Waals surface area contributed by atoms with Crippen molar-refractivity contribution in [3.8, 4) is 5.75 Å². The first-order chi connectivity index (χ1) is 15.5. The van der Waals surface area contributed by atoms with Crippen LogP contribution in [0.3, 0.4) is 0 Å². The molecule has 2 aromatic rings. The van der Waals surface area contributed by atoms with E-state index in [1.807, 2.05) is 27.7 Å². The molecule has 0 heterocycles. The van der Waals surface area contributed by atoms with Gasteiger partial charge in [-0.25, -0.2) is 0 Å². The number of alkyl halides is 3. The van der Waals surface area contributed by atoms with E-state index in [0.29, 0.717) is 30.0 Å². The molecule has 0 radical (unpaired) electrons. The predicted octanol–water partition coefficient (Wildman–Crippen LogP) is 6.84. The molecule has 8 heteroatoms. The van der Waals surface area contributed by atoms with Crippen LogP contribution < -0.4 is 9.75 Å². The summed E-state index contributed by atoms with van der Waals surface area (Å²) in [6, 6.07) is 11.9. The van der Waals surface area contributed by atoms with Crippen LogP contribution >= 0.6 is 0 Å². The van der Waals surface area contributed by atoms with Crippen molar-refractivity contribution in [1.29, 1.82) is 0 Å². The van der Waals surface area contributed by atoms with Crippen LogP contribution in [-0.2, 0) is 11.0 Å². The van der Waals surface area contributed by atoms with Gasteiger partial charge in [0.05, 0.1) is 23.8 Å². The Bertz CT molecular complexity index is 912. The monoisotopic (exact) mass is 466 g/mol. The maximum atomic E-state index is 12.7. The van der Waals surface area contributed by atoms with E-state index in [0.717, 1.165) is 17.8 Å². The number of hydrazone groups is 1. The third-order valence-corrected chi connectivity index (χ3v) is 4.80. The van der Waals surface area contributed by atoms with Gasteiger partial charge in [0.25, 0.3) is 0 Å². The van der Waals surface area contributed by atoms with Crippen LogP contribution in [0.15, 0.2) is 53.6 Å². The molecule has 0 amide bonds. The number of aliphatic carboxylic acids is 1. The number of benzene rings is 2. The summed E-state index contributed by atoms with van der Waals surface area (Å²) in [5, 5.41) is 15.1. The molecule has 2 unspecified atom stereocenters. The number of anilines is 1. The van der Waals surface area contributed by atoms with E-state index in [-0.39, 0.29) is 5.92 Å². The number of hydrogen-bond acceptors (Lipinski definition) is 4. The zero-order valence-electron chi connectivity index (χ0n) is 20.0. The van der Waals surface area contributed by atoms with Crippen molar-refractivity contribution in [3.63, 3.8) is 0 Å². The minimum absolute atomic E-state index is 0.130. The molecule has 0 saturated carbocycles. The average molecular weight is 467 g/mol. The fourth-order valence-electron chi connectivity index (χ4n) is 3.04. The van der Waals surface area contributed by atoms with E-state index in [2.05, 4.69) is 5.10 Å². The van der Waals surface area contributed by atoms with Gasteiger partial charge in [-0.1, -0.05) is 32.9 Å². The molecule has 1 N–H and O–H groups in total. The van der Waals surface area contributed by atoms with Crippen molar-refractivity contribution in [2.24, 2.45) is 11.0 Å². The molecule has 0 fully saturated rings. The lowest BCUT2D eigenvalue weighted by molar-refractivity contribution is -0.138. The van der Waals surface area contributed by atoms with Crippen molar-refractivity contribution in [2.75, 3.05) is 18.7 Å². The summed E-state index contributed by atoms with van der Waals surface area (Å²) in [6.45, 7) is 9.89. The second kappa shape index (κ2) is 12.9. The van der Waals surface area contributed by atoms with E-state index in [4.69, 9.17) is 9.84 Å². The first-order valence-electron chi connectivity index (χ1n) is 10.9. The van der Waals surface area contributed by atoms with E-state index < -0.39 is 23.6 Å². The molecule has 0 aliphatic rings. The Morgan fingerprint density at radius 1 is 1.12 bits per heavy atom. The summed E-state index contributed by atoms with van der Waals surface area (Å²) < 4.78 is 43.9. The summed E-state index contributed by atoms with van der Waals surface area (Å²) in [5.74, 6) is -0.773. The van der Waals surface area contributed by atoms with Crippen molar-refractivity contribution in [1.82, 2.24) is 0 Å². The normalized spacial score (nSPS) is 13.4. The Morgan fingerprint density at radius 3 is 2.27 bits per heavy atom. The summed E-state index contributed by atoms with van der Waals surface area (Å²) in [4.78, 5) is 11.1. The van der Waals surface area contributed by atoms with Crippen LogP contribution in [0.2, 0.25) is 0 Å². The lowest BCUT2D eigenvalue weighted by atomic mass is 10.0. The molecular formula is C25H33F3N2O3. The first kappa shape index (κ1) is 28.0. The third kappa shape index (κ3) is 9.16. The van der Waals surface area contributed by atoms with Crippen LogP contribution in [-0.4, -0.2) is 30.4 Å². The van der Waals surface area contributed by atoms with Crippen LogP contribution in [0.25, 0.3) is 0 Å². The largest absolute Gasteiger partial charge is 0.493 e. The van der Waals surface area contributed by atoms with Crippen LogP contribution in [0.5, 0.6) is 5.75 Å². The highest BCUT2D eigenvalue weighted by atomic mass is 19.4. The van der Waals surface area contributed by atoms with E-state index in [9.17, 15) is 18.0 Å². The van der Waals surface area contributed by atoms with E-state index >= 15 is 0 Å². The first-order valence-corrected chi connectivity index (χ1v) is 10.9. The molecule has 33 heavy (non-hydrogen) atoms. The Morgan fingerprint density at radius 2 is 1.73 bits per heavy atom. The Kier molecular flexibility index (Phi) is 10.9. The van der Waals surface area contributed by atoms with Gasteiger partial charge in [-0.15, -0.1) is 0 Å². The van der Waals surface area contributed by atoms with Gasteiger partial charge in [-0.05, 0) is 68.1 Å². The molecule has 0 saturated heterocycles. The molecule has 5 nitrogen and oxygen atoms in total. The highest BCUT2D eigenvalue weighted by molar-refractivity contribution is 5.83. The summed E-state index contributed by atoms with van der Waals surface area (Å²) in [7, 11) is 1.68. The maximum Gasteiger partial charge on any atom is 0.416 e. The molecular weight excluding hydrogens is 433 g/mol. The smallest absolute Gasteiger partial charge is 0.416 e. The zero-order chi connectivity index (χ0) is 25.2. The highest BCUT2D eigenvalue weighted by Gasteiger charge is 2.30. The molecule has 0 aliphatic heterocycles. The minimum atomic E-state index is -4.36. The number of rotatable bonds is 9. The summed E-state index contributed by atoms with van der Waals surface area (Å²) >= 11 is 0. The average Bonchev–Trinajstić information content (AvgIpc) is 2.78. The lowest BCUT2D eigenvalue weighted by Crippen LogP contribution is -2.16. The van der Waals surface area contributed by atoms with Crippen molar-refractivity contribution in [3.05, 3.63) is 59.7 Å². The molecule has 0 bridgehead atoms. The molecule has 2 aromatic carbocycles. The number of carbonyl (C=O) groups is 1. The number of carboxylic acids is 1. The van der Waals surface area contributed by atoms with Gasteiger partial charge in [0, 0.05) is 12.8 Å². The Hall–Kier alpha value is -3.03. The second-order valence-electron chi connectivity index (χ2n) is 7.66. The van der Waals surface area contributed by atoms with Gasteiger partial charge in [0.1, 0.15) is 5.75 Å². The van der Waals surface area contributed by atoms with Gasteiger partial charge in [-0.3, -0.25) is 9.80 Å². The number of nitrogens with zero attached hydrogens (tertiary/aromatic N) is 2. The Labute approximate surface area is 193 Å². The van der Waals surface area contributed by atoms with Crippen molar-refractivity contribution >= 4 is 17.4 Å². The standard InChI is InChI=1S/C23H27F3N2O3.C2H6/c1-15(14-31-21-7-5-6-18(13-21)17(3)22(29)30)12-16(2)27-28(4)20-10-8-19(9-11-20)23(24,25)26;1-2/h5-11,13,15,17H,12,14H2,1-4H3,(H,29,30);1-2H3/b27-16-;. The maximum absolute atomic E-state index is 12.7. The highest BCUT2D eigenvalue weighted by Crippen LogP contribution is 2.30. The fourth-order valence-corrected chi connectivity index (χ4v) is 3.04. The van der Waals surface area contributed by atoms with E-state index in [1.54, 1.807) is 43.2 Å². The van der Waals surface area contributed by atoms with Gasteiger partial charge in [-0.2, -0.15) is 18.3 Å². The zero-order valence-corrected chi connectivity index (χ0v) is 20.0. The molecule has 0 aromatic heterocycles. The summed E-state index contributed by atoms with van der Waals surface area (Å²) in [6.07, 6.45) is -3.73. The van der Waals surface area contributed by atoms with Crippen LogP contribution in [0, 0.1) is 5.92 Å². The second-order valence-corrected chi connectivity index (χ2v) is 7.66. The van der Waals surface area contributed by atoms with Crippen LogP contribution in [0.1, 0.15) is 58.1 Å². The topological polar surface area (TPSA) is 62.1 Å². The minimum Gasteiger partial charge on any atom is -0.493 e. The van der Waals surface area contributed by atoms with Gasteiger partial charge < -0.3 is 9.84 Å². The molecule has 2 atom stereocenters. The van der Waals surface area contributed by atoms with Gasteiger partial charge >= 0.3 is 12.1 Å². The lowest BCUT2D eigenvalue weighted by Gasteiger charge is -2.18. The Balaban J connectivity index is 0.00000265. The molecule has 0 aliphatic carbocycles. The molecule has 0 spiro atoms. The van der Waals surface area contributed by atoms with Crippen LogP contribution in [0.4, 0.5) is 18.9 Å². The SMILES string of the molecule is C/C(CC(C)COc1cccc(C(C)C(=O)O)c1)=N/N(C)c1ccc(C(F)(F)F)cc1.CC. The third-order valence-electron chi connectivity index (χ3n) is 4.80. The van der Waals surface area contributed by atoms with Crippen molar-refractivity contribution < 1.29 is 27.8 Å². The number of halogens is 3. The van der Waals surface area contributed by atoms with Gasteiger partial charge in [0.2, 0.25) is 0 Å².